The van der Waals surface area contributed by atoms with Crippen molar-refractivity contribution in [1.29, 1.82) is 0 Å². The highest BCUT2D eigenvalue weighted by molar-refractivity contribution is 5.67. The molecule has 1 N–H and O–H groups in total. The fourth-order valence-electron chi connectivity index (χ4n) is 3.22. The van der Waals surface area contributed by atoms with Crippen molar-refractivity contribution in [2.24, 2.45) is 5.92 Å². The van der Waals surface area contributed by atoms with Gasteiger partial charge in [0.15, 0.2) is 0 Å². The highest BCUT2D eigenvalue weighted by atomic mass is 16.6. The Balaban J connectivity index is 1.52. The second-order valence-corrected chi connectivity index (χ2v) is 6.37. The fraction of sp³-hybridized carbons (Fsp3) is 0.350. The first-order valence-corrected chi connectivity index (χ1v) is 8.44. The summed E-state index contributed by atoms with van der Waals surface area (Å²) in [6.45, 7) is 1.78. The largest absolute Gasteiger partial charge is 0.508 e. The summed E-state index contributed by atoms with van der Waals surface area (Å²) in [6.07, 6.45) is 2.72. The molecule has 1 unspecified atom stereocenters. The van der Waals surface area contributed by atoms with Gasteiger partial charge in [0.2, 0.25) is 0 Å². The molecule has 4 heteroatoms. The molecule has 3 rings (SSSR count). The highest BCUT2D eigenvalue weighted by Gasteiger charge is 2.24. The summed E-state index contributed by atoms with van der Waals surface area (Å²) in [6, 6.07) is 17.1. The first-order chi connectivity index (χ1) is 11.7. The molecular formula is C20H23NO3. The molecule has 2 aromatic rings. The molecule has 0 aromatic heterocycles. The lowest BCUT2D eigenvalue weighted by Gasteiger charge is -2.32. The molecule has 0 saturated carbocycles. The summed E-state index contributed by atoms with van der Waals surface area (Å²) in [7, 11) is 0. The van der Waals surface area contributed by atoms with E-state index in [1.807, 2.05) is 42.5 Å². The van der Waals surface area contributed by atoms with Crippen LogP contribution < -0.4 is 0 Å². The number of phenolic OH excluding ortho intramolecular Hbond substituents is 1. The molecule has 0 bridgehead atoms. The van der Waals surface area contributed by atoms with Gasteiger partial charge in [-0.2, -0.15) is 0 Å². The molecule has 1 fully saturated rings. The molecular weight excluding hydrogens is 302 g/mol. The third kappa shape index (κ3) is 4.51. The van der Waals surface area contributed by atoms with Crippen LogP contribution in [0.5, 0.6) is 5.75 Å². The molecule has 0 aliphatic carbocycles. The molecule has 1 aliphatic heterocycles. The minimum absolute atomic E-state index is 0.237. The summed E-state index contributed by atoms with van der Waals surface area (Å²) in [5.74, 6) is 0.701. The third-order valence-corrected chi connectivity index (χ3v) is 4.42. The summed E-state index contributed by atoms with van der Waals surface area (Å²) >= 11 is 0. The summed E-state index contributed by atoms with van der Waals surface area (Å²) < 4.78 is 5.43. The smallest absolute Gasteiger partial charge is 0.410 e. The van der Waals surface area contributed by atoms with Crippen molar-refractivity contribution >= 4 is 6.09 Å². The van der Waals surface area contributed by atoms with E-state index in [4.69, 9.17) is 4.74 Å². The van der Waals surface area contributed by atoms with E-state index in [0.29, 0.717) is 24.8 Å². The van der Waals surface area contributed by atoms with Gasteiger partial charge in [-0.15, -0.1) is 0 Å². The van der Waals surface area contributed by atoms with Crippen LogP contribution in [0.25, 0.3) is 0 Å². The molecule has 1 amide bonds. The number of likely N-dealkylation sites (tertiary alicyclic amines) is 1. The van der Waals surface area contributed by atoms with Gasteiger partial charge < -0.3 is 14.7 Å². The van der Waals surface area contributed by atoms with E-state index in [9.17, 15) is 9.90 Å². The number of aromatic hydroxyl groups is 1. The molecule has 126 valence electrons. The average Bonchev–Trinajstić information content (AvgIpc) is 2.61. The van der Waals surface area contributed by atoms with Crippen LogP contribution in [0.2, 0.25) is 0 Å². The van der Waals surface area contributed by atoms with E-state index >= 15 is 0 Å². The molecule has 1 atom stereocenters. The average molecular weight is 325 g/mol. The first-order valence-electron chi connectivity index (χ1n) is 8.44. The van der Waals surface area contributed by atoms with Crippen molar-refractivity contribution in [3.63, 3.8) is 0 Å². The predicted molar refractivity (Wildman–Crippen MR) is 92.7 cm³/mol. The molecule has 0 radical (unpaired) electrons. The molecule has 0 spiro atoms. The quantitative estimate of drug-likeness (QED) is 0.925. The molecule has 1 saturated heterocycles. The lowest BCUT2D eigenvalue weighted by atomic mass is 9.91. The predicted octanol–water partition coefficient (Wildman–Crippen LogP) is 3.98. The van der Waals surface area contributed by atoms with Crippen LogP contribution in [0, 0.1) is 5.92 Å². The number of benzene rings is 2. The van der Waals surface area contributed by atoms with Gasteiger partial charge in [-0.1, -0.05) is 42.5 Å². The van der Waals surface area contributed by atoms with E-state index in [2.05, 4.69) is 0 Å². The van der Waals surface area contributed by atoms with Crippen molar-refractivity contribution in [3.05, 3.63) is 65.7 Å². The van der Waals surface area contributed by atoms with Crippen molar-refractivity contribution < 1.29 is 14.6 Å². The Kier molecular flexibility index (Phi) is 5.36. The van der Waals surface area contributed by atoms with Crippen LogP contribution in [0.1, 0.15) is 24.0 Å². The Bertz CT molecular complexity index is 672. The van der Waals surface area contributed by atoms with Gasteiger partial charge in [-0.3, -0.25) is 0 Å². The number of ether oxygens (including phenoxy) is 1. The van der Waals surface area contributed by atoms with Gasteiger partial charge in [-0.05, 0) is 48.4 Å². The normalized spacial score (nSPS) is 17.5. The monoisotopic (exact) mass is 325 g/mol. The van der Waals surface area contributed by atoms with Crippen molar-refractivity contribution in [2.75, 3.05) is 13.1 Å². The fourth-order valence-corrected chi connectivity index (χ4v) is 3.22. The van der Waals surface area contributed by atoms with E-state index < -0.39 is 0 Å². The van der Waals surface area contributed by atoms with Crippen LogP contribution >= 0.6 is 0 Å². The maximum absolute atomic E-state index is 12.3. The summed E-state index contributed by atoms with van der Waals surface area (Å²) in [5.41, 5.74) is 2.11. The number of hydrogen-bond donors (Lipinski definition) is 1. The Morgan fingerprint density at radius 1 is 1.12 bits per heavy atom. The molecule has 4 nitrogen and oxygen atoms in total. The second kappa shape index (κ2) is 7.86. The SMILES string of the molecule is O=C(OCc1ccccc1)N1CCCC(Cc2cccc(O)c2)C1. The Hall–Kier alpha value is -2.49. The zero-order valence-corrected chi connectivity index (χ0v) is 13.7. The topological polar surface area (TPSA) is 49.8 Å². The first kappa shape index (κ1) is 16.4. The van der Waals surface area contributed by atoms with Gasteiger partial charge in [0.05, 0.1) is 0 Å². The van der Waals surface area contributed by atoms with Gasteiger partial charge >= 0.3 is 6.09 Å². The maximum atomic E-state index is 12.3. The van der Waals surface area contributed by atoms with Crippen LogP contribution in [0.4, 0.5) is 4.79 Å². The number of carbonyl (C=O) groups is 1. The summed E-state index contributed by atoms with van der Waals surface area (Å²) in [4.78, 5) is 14.1. The number of piperidine rings is 1. The third-order valence-electron chi connectivity index (χ3n) is 4.42. The Morgan fingerprint density at radius 3 is 2.71 bits per heavy atom. The molecule has 2 aromatic carbocycles. The highest BCUT2D eigenvalue weighted by Crippen LogP contribution is 2.23. The maximum Gasteiger partial charge on any atom is 0.410 e. The van der Waals surface area contributed by atoms with E-state index in [-0.39, 0.29) is 6.09 Å². The van der Waals surface area contributed by atoms with Gasteiger partial charge in [0, 0.05) is 13.1 Å². The van der Waals surface area contributed by atoms with Crippen LogP contribution in [-0.4, -0.2) is 29.2 Å². The van der Waals surface area contributed by atoms with Gasteiger partial charge in [-0.25, -0.2) is 4.79 Å². The van der Waals surface area contributed by atoms with E-state index in [0.717, 1.165) is 36.9 Å². The van der Waals surface area contributed by atoms with E-state index in [1.54, 1.807) is 17.0 Å². The number of nitrogens with zero attached hydrogens (tertiary/aromatic N) is 1. The second-order valence-electron chi connectivity index (χ2n) is 6.37. The lowest BCUT2D eigenvalue weighted by molar-refractivity contribution is 0.0790. The van der Waals surface area contributed by atoms with Gasteiger partial charge in [0.1, 0.15) is 12.4 Å². The van der Waals surface area contributed by atoms with Crippen molar-refractivity contribution in [1.82, 2.24) is 4.90 Å². The molecule has 1 heterocycles. The number of hydrogen-bond acceptors (Lipinski definition) is 3. The Morgan fingerprint density at radius 2 is 1.92 bits per heavy atom. The van der Waals surface area contributed by atoms with Crippen molar-refractivity contribution in [2.45, 2.75) is 25.9 Å². The number of carbonyl (C=O) groups excluding carboxylic acids is 1. The van der Waals surface area contributed by atoms with Gasteiger partial charge in [0.25, 0.3) is 0 Å². The Labute approximate surface area is 142 Å². The summed E-state index contributed by atoms with van der Waals surface area (Å²) in [5, 5.41) is 9.58. The zero-order valence-electron chi connectivity index (χ0n) is 13.7. The number of phenols is 1. The molecule has 24 heavy (non-hydrogen) atoms. The van der Waals surface area contributed by atoms with Crippen LogP contribution in [0.3, 0.4) is 0 Å². The van der Waals surface area contributed by atoms with Crippen LogP contribution in [-0.2, 0) is 17.8 Å². The standard InChI is InChI=1S/C20H23NO3/c22-19-10-4-8-17(13-19)12-18-9-5-11-21(14-18)20(23)24-15-16-6-2-1-3-7-16/h1-4,6-8,10,13,18,22H,5,9,11-12,14-15H2. The minimum Gasteiger partial charge on any atom is -0.508 e. The molecule has 1 aliphatic rings. The lowest BCUT2D eigenvalue weighted by Crippen LogP contribution is -2.40. The van der Waals surface area contributed by atoms with E-state index in [1.165, 1.54) is 0 Å². The van der Waals surface area contributed by atoms with Crippen molar-refractivity contribution in [3.8, 4) is 5.75 Å². The number of amides is 1. The van der Waals surface area contributed by atoms with Crippen LogP contribution in [0.15, 0.2) is 54.6 Å². The zero-order chi connectivity index (χ0) is 16.8. The minimum atomic E-state index is -0.237. The number of rotatable bonds is 4.